The Hall–Kier alpha value is -1.46. The number of carbonyl (C=O) groups excluding carboxylic acids is 1. The van der Waals surface area contributed by atoms with Crippen LogP contribution in [0.25, 0.3) is 0 Å². The summed E-state index contributed by atoms with van der Waals surface area (Å²) in [5.41, 5.74) is 0.266. The van der Waals surface area contributed by atoms with Gasteiger partial charge in [-0.1, -0.05) is 6.92 Å². The monoisotopic (exact) mass is 231 g/mol. The molecular formula is C10H15F2N3O. The summed E-state index contributed by atoms with van der Waals surface area (Å²) in [6.07, 6.45) is -1.76. The summed E-state index contributed by atoms with van der Waals surface area (Å²) in [5.74, 6) is -0.214. The van der Waals surface area contributed by atoms with Crippen LogP contribution in [0.15, 0.2) is 6.07 Å². The normalized spacial score (nSPS) is 10.8. The van der Waals surface area contributed by atoms with Gasteiger partial charge in [0.15, 0.2) is 0 Å². The van der Waals surface area contributed by atoms with E-state index in [-0.39, 0.29) is 18.1 Å². The summed E-state index contributed by atoms with van der Waals surface area (Å²) < 4.78 is 25.9. The molecule has 1 amide bonds. The molecule has 0 aliphatic heterocycles. The number of rotatable bonds is 5. The predicted octanol–water partition coefficient (Wildman–Crippen LogP) is 1.66. The van der Waals surface area contributed by atoms with E-state index in [2.05, 4.69) is 10.4 Å². The van der Waals surface area contributed by atoms with E-state index >= 15 is 0 Å². The Kier molecular flexibility index (Phi) is 4.39. The first-order valence-corrected chi connectivity index (χ1v) is 5.13. The SMILES string of the molecule is CCCNC(=O)Cn1nc(C(F)F)cc1C. The molecule has 0 saturated heterocycles. The molecule has 1 aromatic rings. The molecule has 1 aromatic heterocycles. The van der Waals surface area contributed by atoms with E-state index in [4.69, 9.17) is 0 Å². The minimum atomic E-state index is -2.60. The van der Waals surface area contributed by atoms with E-state index < -0.39 is 6.43 Å². The van der Waals surface area contributed by atoms with Gasteiger partial charge in [0.25, 0.3) is 6.43 Å². The summed E-state index contributed by atoms with van der Waals surface area (Å²) in [6.45, 7) is 4.15. The van der Waals surface area contributed by atoms with Gasteiger partial charge in [-0.05, 0) is 19.4 Å². The molecule has 0 aliphatic carbocycles. The lowest BCUT2D eigenvalue weighted by Gasteiger charge is -2.05. The number of alkyl halides is 2. The van der Waals surface area contributed by atoms with Crippen LogP contribution < -0.4 is 5.32 Å². The highest BCUT2D eigenvalue weighted by molar-refractivity contribution is 5.75. The average molecular weight is 231 g/mol. The zero-order valence-electron chi connectivity index (χ0n) is 9.33. The molecule has 1 rings (SSSR count). The molecule has 1 N–H and O–H groups in total. The Morgan fingerprint density at radius 3 is 2.81 bits per heavy atom. The van der Waals surface area contributed by atoms with Gasteiger partial charge in [-0.25, -0.2) is 8.78 Å². The number of amides is 1. The third-order valence-corrected chi connectivity index (χ3v) is 2.09. The molecule has 0 aliphatic rings. The molecule has 0 radical (unpaired) electrons. The molecule has 0 bridgehead atoms. The lowest BCUT2D eigenvalue weighted by molar-refractivity contribution is -0.121. The molecule has 4 nitrogen and oxygen atoms in total. The number of aromatic nitrogens is 2. The zero-order chi connectivity index (χ0) is 12.1. The van der Waals surface area contributed by atoms with Crippen LogP contribution in [-0.2, 0) is 11.3 Å². The fourth-order valence-electron chi connectivity index (χ4n) is 1.26. The van der Waals surface area contributed by atoms with Crippen molar-refractivity contribution in [2.24, 2.45) is 0 Å². The fourth-order valence-corrected chi connectivity index (χ4v) is 1.26. The topological polar surface area (TPSA) is 46.9 Å². The molecule has 90 valence electrons. The zero-order valence-corrected chi connectivity index (χ0v) is 9.33. The molecule has 0 fully saturated rings. The highest BCUT2D eigenvalue weighted by Gasteiger charge is 2.14. The van der Waals surface area contributed by atoms with E-state index in [1.165, 1.54) is 10.7 Å². The fraction of sp³-hybridized carbons (Fsp3) is 0.600. The van der Waals surface area contributed by atoms with Crippen molar-refractivity contribution in [3.63, 3.8) is 0 Å². The molecule has 0 unspecified atom stereocenters. The second-order valence-corrected chi connectivity index (χ2v) is 3.52. The number of carbonyl (C=O) groups is 1. The number of hydrogen-bond acceptors (Lipinski definition) is 2. The number of nitrogens with zero attached hydrogens (tertiary/aromatic N) is 2. The van der Waals surface area contributed by atoms with Gasteiger partial charge in [0.05, 0.1) is 0 Å². The van der Waals surface area contributed by atoms with E-state index in [0.717, 1.165) is 6.42 Å². The molecule has 0 saturated carbocycles. The maximum Gasteiger partial charge on any atom is 0.282 e. The van der Waals surface area contributed by atoms with E-state index in [0.29, 0.717) is 12.2 Å². The van der Waals surface area contributed by atoms with Crippen molar-refractivity contribution in [2.75, 3.05) is 6.54 Å². The lowest BCUT2D eigenvalue weighted by atomic mass is 10.4. The minimum absolute atomic E-state index is 0.0153. The summed E-state index contributed by atoms with van der Waals surface area (Å²) in [5, 5.41) is 6.32. The minimum Gasteiger partial charge on any atom is -0.355 e. The summed E-state index contributed by atoms with van der Waals surface area (Å²) >= 11 is 0. The van der Waals surface area contributed by atoms with Crippen molar-refractivity contribution in [1.29, 1.82) is 0 Å². The van der Waals surface area contributed by atoms with Crippen molar-refractivity contribution in [3.05, 3.63) is 17.5 Å². The smallest absolute Gasteiger partial charge is 0.282 e. The van der Waals surface area contributed by atoms with Gasteiger partial charge in [-0.3, -0.25) is 9.48 Å². The van der Waals surface area contributed by atoms with Crippen LogP contribution in [0.1, 0.15) is 31.2 Å². The molecule has 0 aromatic carbocycles. The first-order valence-electron chi connectivity index (χ1n) is 5.13. The average Bonchev–Trinajstić information content (AvgIpc) is 2.57. The number of nitrogens with one attached hydrogen (secondary N) is 1. The third-order valence-electron chi connectivity index (χ3n) is 2.09. The van der Waals surface area contributed by atoms with Crippen LogP contribution in [0.2, 0.25) is 0 Å². The molecule has 6 heteroatoms. The Balaban J connectivity index is 2.63. The third kappa shape index (κ3) is 3.29. The molecule has 1 heterocycles. The quantitative estimate of drug-likeness (QED) is 0.837. The van der Waals surface area contributed by atoms with Crippen molar-refractivity contribution >= 4 is 5.91 Å². The van der Waals surface area contributed by atoms with Crippen LogP contribution >= 0.6 is 0 Å². The molecule has 0 spiro atoms. The van der Waals surface area contributed by atoms with Gasteiger partial charge in [-0.15, -0.1) is 0 Å². The van der Waals surface area contributed by atoms with Crippen LogP contribution in [0.4, 0.5) is 8.78 Å². The predicted molar refractivity (Wildman–Crippen MR) is 55.2 cm³/mol. The Bertz CT molecular complexity index is 363. The van der Waals surface area contributed by atoms with E-state index in [1.807, 2.05) is 6.92 Å². The Morgan fingerprint density at radius 2 is 2.31 bits per heavy atom. The maximum atomic E-state index is 12.3. The summed E-state index contributed by atoms with van der Waals surface area (Å²) in [7, 11) is 0. The summed E-state index contributed by atoms with van der Waals surface area (Å²) in [6, 6.07) is 1.29. The van der Waals surface area contributed by atoms with Crippen LogP contribution in [0, 0.1) is 6.92 Å². The lowest BCUT2D eigenvalue weighted by Crippen LogP contribution is -2.28. The number of aryl methyl sites for hydroxylation is 1. The second kappa shape index (κ2) is 5.58. The first kappa shape index (κ1) is 12.6. The van der Waals surface area contributed by atoms with E-state index in [9.17, 15) is 13.6 Å². The Labute approximate surface area is 92.6 Å². The van der Waals surface area contributed by atoms with Crippen molar-refractivity contribution in [3.8, 4) is 0 Å². The second-order valence-electron chi connectivity index (χ2n) is 3.52. The maximum absolute atomic E-state index is 12.3. The highest BCUT2D eigenvalue weighted by atomic mass is 19.3. The molecular weight excluding hydrogens is 216 g/mol. The van der Waals surface area contributed by atoms with Gasteiger partial charge in [0.2, 0.25) is 5.91 Å². The van der Waals surface area contributed by atoms with Crippen molar-refractivity contribution < 1.29 is 13.6 Å². The largest absolute Gasteiger partial charge is 0.355 e. The highest BCUT2D eigenvalue weighted by Crippen LogP contribution is 2.17. The summed E-state index contributed by atoms with van der Waals surface area (Å²) in [4.78, 5) is 11.3. The van der Waals surface area contributed by atoms with Crippen LogP contribution in [0.3, 0.4) is 0 Å². The van der Waals surface area contributed by atoms with Gasteiger partial charge < -0.3 is 5.32 Å². The van der Waals surface area contributed by atoms with Gasteiger partial charge in [0, 0.05) is 12.2 Å². The van der Waals surface area contributed by atoms with E-state index in [1.54, 1.807) is 6.92 Å². The Morgan fingerprint density at radius 1 is 1.62 bits per heavy atom. The van der Waals surface area contributed by atoms with Crippen LogP contribution in [-0.4, -0.2) is 22.2 Å². The molecule has 0 atom stereocenters. The van der Waals surface area contributed by atoms with Crippen molar-refractivity contribution in [2.45, 2.75) is 33.2 Å². The van der Waals surface area contributed by atoms with Crippen LogP contribution in [0.5, 0.6) is 0 Å². The number of hydrogen-bond donors (Lipinski definition) is 1. The standard InChI is InChI=1S/C10H15F2N3O/c1-3-4-13-9(16)6-15-7(2)5-8(14-15)10(11)12/h5,10H,3-4,6H2,1-2H3,(H,13,16). The van der Waals surface area contributed by atoms with Gasteiger partial charge in [-0.2, -0.15) is 5.10 Å². The van der Waals surface area contributed by atoms with Gasteiger partial charge in [0.1, 0.15) is 12.2 Å². The first-order chi connectivity index (χ1) is 7.54. The van der Waals surface area contributed by atoms with Gasteiger partial charge >= 0.3 is 0 Å². The van der Waals surface area contributed by atoms with Crippen molar-refractivity contribution in [1.82, 2.24) is 15.1 Å². The molecule has 16 heavy (non-hydrogen) atoms. The number of halogens is 2.